The molecule has 2 aromatic carbocycles. The SMILES string of the molecule is Cc1cccc(C(=O)O[C@@H](C)C(=O)Nc2cc(C(F)(F)F)ccc2Cl)c1. The summed E-state index contributed by atoms with van der Waals surface area (Å²) in [5.74, 6) is -1.52. The van der Waals surface area contributed by atoms with E-state index in [0.717, 1.165) is 23.8 Å². The number of esters is 1. The zero-order chi connectivity index (χ0) is 19.5. The Morgan fingerprint density at radius 2 is 1.85 bits per heavy atom. The molecule has 0 bridgehead atoms. The summed E-state index contributed by atoms with van der Waals surface area (Å²) in [6.07, 6.45) is -5.80. The third-order valence-electron chi connectivity index (χ3n) is 3.46. The van der Waals surface area contributed by atoms with Crippen LogP contribution < -0.4 is 5.32 Å². The van der Waals surface area contributed by atoms with Crippen molar-refractivity contribution in [3.63, 3.8) is 0 Å². The molecule has 0 spiro atoms. The lowest BCUT2D eigenvalue weighted by Crippen LogP contribution is -2.30. The average molecular weight is 386 g/mol. The second-order valence-corrected chi connectivity index (χ2v) is 6.01. The second kappa shape index (κ2) is 7.78. The molecule has 2 aromatic rings. The van der Waals surface area contributed by atoms with E-state index in [2.05, 4.69) is 5.32 Å². The molecular formula is C18H15ClF3NO3. The van der Waals surface area contributed by atoms with Crippen LogP contribution in [-0.2, 0) is 15.7 Å². The first-order valence-electron chi connectivity index (χ1n) is 7.53. The van der Waals surface area contributed by atoms with E-state index < -0.39 is 29.7 Å². The minimum absolute atomic E-state index is 0.0661. The summed E-state index contributed by atoms with van der Waals surface area (Å²) in [5.41, 5.74) is -0.0689. The molecule has 1 amide bonds. The fourth-order valence-corrected chi connectivity index (χ4v) is 2.25. The average Bonchev–Trinajstić information content (AvgIpc) is 2.55. The molecule has 0 heterocycles. The number of alkyl halides is 3. The fourth-order valence-electron chi connectivity index (χ4n) is 2.09. The lowest BCUT2D eigenvalue weighted by Gasteiger charge is -2.15. The van der Waals surface area contributed by atoms with E-state index in [0.29, 0.717) is 0 Å². The molecule has 0 fully saturated rings. The number of ether oxygens (including phenoxy) is 1. The Kier molecular flexibility index (Phi) is 5.92. The summed E-state index contributed by atoms with van der Waals surface area (Å²) in [4.78, 5) is 24.2. The van der Waals surface area contributed by atoms with E-state index in [1.807, 2.05) is 0 Å². The van der Waals surface area contributed by atoms with Crippen LogP contribution in [0.2, 0.25) is 5.02 Å². The summed E-state index contributed by atoms with van der Waals surface area (Å²) in [6.45, 7) is 3.10. The zero-order valence-corrected chi connectivity index (χ0v) is 14.6. The van der Waals surface area contributed by atoms with Gasteiger partial charge in [0.2, 0.25) is 0 Å². The molecule has 0 aliphatic rings. The van der Waals surface area contributed by atoms with E-state index in [1.54, 1.807) is 25.1 Å². The number of nitrogens with one attached hydrogen (secondary N) is 1. The summed E-state index contributed by atoms with van der Waals surface area (Å²) in [5, 5.41) is 2.18. The molecule has 4 nitrogen and oxygen atoms in total. The van der Waals surface area contributed by atoms with E-state index in [1.165, 1.54) is 13.0 Å². The van der Waals surface area contributed by atoms with Crippen molar-refractivity contribution in [2.75, 3.05) is 5.32 Å². The minimum Gasteiger partial charge on any atom is -0.449 e. The van der Waals surface area contributed by atoms with E-state index in [-0.39, 0.29) is 16.3 Å². The number of hydrogen-bond acceptors (Lipinski definition) is 3. The Bertz CT molecular complexity index is 837. The number of benzene rings is 2. The van der Waals surface area contributed by atoms with Gasteiger partial charge >= 0.3 is 12.1 Å². The monoisotopic (exact) mass is 385 g/mol. The predicted molar refractivity (Wildman–Crippen MR) is 91.1 cm³/mol. The van der Waals surface area contributed by atoms with Crippen LogP contribution in [0, 0.1) is 6.92 Å². The topological polar surface area (TPSA) is 55.4 Å². The first-order chi connectivity index (χ1) is 12.1. The van der Waals surface area contributed by atoms with Crippen LogP contribution in [0.3, 0.4) is 0 Å². The van der Waals surface area contributed by atoms with Crippen molar-refractivity contribution < 1.29 is 27.5 Å². The molecule has 0 aliphatic carbocycles. The van der Waals surface area contributed by atoms with Crippen LogP contribution in [0.25, 0.3) is 0 Å². The Labute approximate surface area is 152 Å². The molecule has 0 saturated heterocycles. The number of amides is 1. The number of rotatable bonds is 4. The van der Waals surface area contributed by atoms with Crippen molar-refractivity contribution in [3.8, 4) is 0 Å². The summed E-state index contributed by atoms with van der Waals surface area (Å²) >= 11 is 5.82. The van der Waals surface area contributed by atoms with Crippen molar-refractivity contribution in [2.45, 2.75) is 26.1 Å². The quantitative estimate of drug-likeness (QED) is 0.765. The number of aryl methyl sites for hydroxylation is 1. The number of anilines is 1. The van der Waals surface area contributed by atoms with Gasteiger partial charge < -0.3 is 10.1 Å². The van der Waals surface area contributed by atoms with Crippen LogP contribution in [-0.4, -0.2) is 18.0 Å². The molecular weight excluding hydrogens is 371 g/mol. The van der Waals surface area contributed by atoms with Gasteiger partial charge in [-0.1, -0.05) is 29.3 Å². The molecule has 8 heteroatoms. The first-order valence-corrected chi connectivity index (χ1v) is 7.91. The molecule has 0 aliphatic heterocycles. The van der Waals surface area contributed by atoms with Crippen LogP contribution in [0.15, 0.2) is 42.5 Å². The normalized spacial score (nSPS) is 12.4. The Morgan fingerprint density at radius 3 is 2.46 bits per heavy atom. The summed E-state index contributed by atoms with van der Waals surface area (Å²) in [7, 11) is 0. The van der Waals surface area contributed by atoms with Crippen LogP contribution in [0.4, 0.5) is 18.9 Å². The van der Waals surface area contributed by atoms with Crippen LogP contribution >= 0.6 is 11.6 Å². The van der Waals surface area contributed by atoms with Crippen molar-refractivity contribution in [1.29, 1.82) is 0 Å². The van der Waals surface area contributed by atoms with Crippen molar-refractivity contribution in [1.82, 2.24) is 0 Å². The van der Waals surface area contributed by atoms with Gasteiger partial charge in [-0.25, -0.2) is 4.79 Å². The maximum absolute atomic E-state index is 12.8. The molecule has 138 valence electrons. The first kappa shape index (κ1) is 19.8. The number of carbonyl (C=O) groups is 2. The molecule has 2 rings (SSSR count). The standard InChI is InChI=1S/C18H15ClF3NO3/c1-10-4-3-5-12(8-10)17(25)26-11(2)16(24)23-15-9-13(18(20,21)22)6-7-14(15)19/h3-9,11H,1-2H3,(H,23,24)/t11-/m0/s1. The second-order valence-electron chi connectivity index (χ2n) is 5.60. The fraction of sp³-hybridized carbons (Fsp3) is 0.222. The van der Waals surface area contributed by atoms with Gasteiger partial charge in [-0.05, 0) is 44.2 Å². The van der Waals surface area contributed by atoms with Gasteiger partial charge in [-0.2, -0.15) is 13.2 Å². The van der Waals surface area contributed by atoms with Gasteiger partial charge in [0.05, 0.1) is 21.8 Å². The third-order valence-corrected chi connectivity index (χ3v) is 3.79. The van der Waals surface area contributed by atoms with Crippen molar-refractivity contribution >= 4 is 29.2 Å². The maximum Gasteiger partial charge on any atom is 0.416 e. The Hall–Kier alpha value is -2.54. The zero-order valence-electron chi connectivity index (χ0n) is 13.9. The van der Waals surface area contributed by atoms with Gasteiger partial charge in [-0.3, -0.25) is 4.79 Å². The molecule has 0 unspecified atom stereocenters. The van der Waals surface area contributed by atoms with Gasteiger partial charge in [0.25, 0.3) is 5.91 Å². The van der Waals surface area contributed by atoms with E-state index >= 15 is 0 Å². The number of hydrogen-bond donors (Lipinski definition) is 1. The van der Waals surface area contributed by atoms with Gasteiger partial charge in [0.1, 0.15) is 0 Å². The number of carbonyl (C=O) groups excluding carboxylic acids is 2. The van der Waals surface area contributed by atoms with E-state index in [9.17, 15) is 22.8 Å². The highest BCUT2D eigenvalue weighted by Crippen LogP contribution is 2.33. The summed E-state index contributed by atoms with van der Waals surface area (Å²) < 4.78 is 43.3. The minimum atomic E-state index is -4.58. The van der Waals surface area contributed by atoms with E-state index in [4.69, 9.17) is 16.3 Å². The summed E-state index contributed by atoms with van der Waals surface area (Å²) in [6, 6.07) is 9.14. The molecule has 0 saturated carbocycles. The van der Waals surface area contributed by atoms with Crippen LogP contribution in [0.1, 0.15) is 28.4 Å². The lowest BCUT2D eigenvalue weighted by molar-refractivity contribution is -0.137. The maximum atomic E-state index is 12.8. The highest BCUT2D eigenvalue weighted by molar-refractivity contribution is 6.33. The number of halogens is 4. The smallest absolute Gasteiger partial charge is 0.416 e. The van der Waals surface area contributed by atoms with Gasteiger partial charge in [0.15, 0.2) is 6.10 Å². The molecule has 0 radical (unpaired) electrons. The van der Waals surface area contributed by atoms with Crippen LogP contribution in [0.5, 0.6) is 0 Å². The lowest BCUT2D eigenvalue weighted by atomic mass is 10.1. The van der Waals surface area contributed by atoms with Gasteiger partial charge in [-0.15, -0.1) is 0 Å². The van der Waals surface area contributed by atoms with Crippen molar-refractivity contribution in [2.24, 2.45) is 0 Å². The highest BCUT2D eigenvalue weighted by Gasteiger charge is 2.31. The Morgan fingerprint density at radius 1 is 1.15 bits per heavy atom. The largest absolute Gasteiger partial charge is 0.449 e. The van der Waals surface area contributed by atoms with Crippen molar-refractivity contribution in [3.05, 3.63) is 64.2 Å². The predicted octanol–water partition coefficient (Wildman–Crippen LogP) is 4.85. The molecule has 0 aromatic heterocycles. The molecule has 1 atom stereocenters. The molecule has 26 heavy (non-hydrogen) atoms. The highest BCUT2D eigenvalue weighted by atomic mass is 35.5. The Balaban J connectivity index is 2.08. The third kappa shape index (κ3) is 4.98. The molecule has 1 N–H and O–H groups in total. The van der Waals surface area contributed by atoms with Gasteiger partial charge in [0, 0.05) is 0 Å².